The summed E-state index contributed by atoms with van der Waals surface area (Å²) in [6.07, 6.45) is 0.141. The minimum Gasteiger partial charge on any atom is -0.496 e. The molecule has 0 fully saturated rings. The topological polar surface area (TPSA) is 94.2 Å². The van der Waals surface area contributed by atoms with E-state index < -0.39 is 29.3 Å². The molecule has 2 rings (SSSR count). The van der Waals surface area contributed by atoms with Gasteiger partial charge in [-0.25, -0.2) is 9.59 Å². The highest BCUT2D eigenvalue weighted by Gasteiger charge is 2.31. The number of carbonyl (C=O) groups excluding carboxylic acids is 3. The van der Waals surface area contributed by atoms with E-state index in [4.69, 9.17) is 14.2 Å². The number of amides is 2. The standard InChI is InChI=1S/C23H34N2O6/c1-22(2,3)30-20(27)16(24-21(28)31-23(4,5)6)11-12-19(26)25-14-13-15-17(25)9-8-10-18(15)29-7/h8-10,16H,11-14H2,1-7H3,(H,24,28). The van der Waals surface area contributed by atoms with Crippen LogP contribution >= 0.6 is 0 Å². The second kappa shape index (κ2) is 9.58. The van der Waals surface area contributed by atoms with Crippen molar-refractivity contribution in [2.24, 2.45) is 0 Å². The first-order chi connectivity index (χ1) is 14.3. The van der Waals surface area contributed by atoms with Crippen LogP contribution in [-0.2, 0) is 25.5 Å². The molecule has 1 heterocycles. The summed E-state index contributed by atoms with van der Waals surface area (Å²) in [7, 11) is 1.61. The van der Waals surface area contributed by atoms with Crippen molar-refractivity contribution >= 4 is 23.7 Å². The molecular weight excluding hydrogens is 400 g/mol. The number of nitrogens with one attached hydrogen (secondary N) is 1. The second-order valence-electron chi connectivity index (χ2n) is 9.52. The lowest BCUT2D eigenvalue weighted by molar-refractivity contribution is -0.157. The van der Waals surface area contributed by atoms with Gasteiger partial charge in [-0.2, -0.15) is 0 Å². The van der Waals surface area contributed by atoms with Crippen LogP contribution in [0.25, 0.3) is 0 Å². The Balaban J connectivity index is 2.08. The number of hydrogen-bond acceptors (Lipinski definition) is 6. The minimum absolute atomic E-state index is 0.0658. The van der Waals surface area contributed by atoms with Crippen LogP contribution in [0.3, 0.4) is 0 Å². The highest BCUT2D eigenvalue weighted by atomic mass is 16.6. The quantitative estimate of drug-likeness (QED) is 0.688. The molecule has 0 aliphatic carbocycles. The van der Waals surface area contributed by atoms with Gasteiger partial charge in [0, 0.05) is 18.5 Å². The fraction of sp³-hybridized carbons (Fsp3) is 0.609. The first-order valence-electron chi connectivity index (χ1n) is 10.5. The third-order valence-corrected chi connectivity index (χ3v) is 4.53. The van der Waals surface area contributed by atoms with Gasteiger partial charge in [0.25, 0.3) is 0 Å². The van der Waals surface area contributed by atoms with Crippen molar-refractivity contribution in [2.45, 2.75) is 78.0 Å². The Morgan fingerprint density at radius 3 is 2.29 bits per heavy atom. The van der Waals surface area contributed by atoms with E-state index in [1.807, 2.05) is 18.2 Å². The van der Waals surface area contributed by atoms with Gasteiger partial charge in [-0.1, -0.05) is 6.07 Å². The van der Waals surface area contributed by atoms with Gasteiger partial charge in [0.2, 0.25) is 5.91 Å². The summed E-state index contributed by atoms with van der Waals surface area (Å²) in [6, 6.07) is 4.60. The van der Waals surface area contributed by atoms with Gasteiger partial charge in [-0.15, -0.1) is 0 Å². The molecule has 1 unspecified atom stereocenters. The number of esters is 1. The Kier molecular flexibility index (Phi) is 7.57. The van der Waals surface area contributed by atoms with Gasteiger partial charge >= 0.3 is 12.1 Å². The van der Waals surface area contributed by atoms with E-state index in [1.54, 1.807) is 53.6 Å². The molecule has 0 saturated heterocycles. The van der Waals surface area contributed by atoms with Gasteiger partial charge in [-0.05, 0) is 66.5 Å². The maximum atomic E-state index is 12.9. The number of fused-ring (bicyclic) bond motifs is 1. The molecule has 8 nitrogen and oxygen atoms in total. The van der Waals surface area contributed by atoms with Crippen LogP contribution in [0.5, 0.6) is 5.75 Å². The Bertz CT molecular complexity index is 822. The molecule has 0 spiro atoms. The molecule has 0 saturated carbocycles. The lowest BCUT2D eigenvalue weighted by Crippen LogP contribution is -2.46. The SMILES string of the molecule is COc1cccc2c1CCN2C(=O)CCC(NC(=O)OC(C)(C)C)C(=O)OC(C)(C)C. The molecule has 1 aliphatic rings. The Hall–Kier alpha value is -2.77. The van der Waals surface area contributed by atoms with E-state index in [2.05, 4.69) is 5.32 Å². The molecule has 1 aliphatic heterocycles. The molecule has 1 atom stereocenters. The highest BCUT2D eigenvalue weighted by Crippen LogP contribution is 2.35. The zero-order valence-corrected chi connectivity index (χ0v) is 19.5. The molecule has 1 N–H and O–H groups in total. The smallest absolute Gasteiger partial charge is 0.408 e. The van der Waals surface area contributed by atoms with Crippen LogP contribution in [0.4, 0.5) is 10.5 Å². The third kappa shape index (κ3) is 7.15. The third-order valence-electron chi connectivity index (χ3n) is 4.53. The summed E-state index contributed by atoms with van der Waals surface area (Å²) in [6.45, 7) is 11.0. The van der Waals surface area contributed by atoms with E-state index >= 15 is 0 Å². The Labute approximate surface area is 184 Å². The van der Waals surface area contributed by atoms with Crippen LogP contribution in [0.1, 0.15) is 59.9 Å². The van der Waals surface area contributed by atoms with Gasteiger partial charge in [0.05, 0.1) is 12.8 Å². The average molecular weight is 435 g/mol. The van der Waals surface area contributed by atoms with Crippen molar-refractivity contribution < 1.29 is 28.6 Å². The lowest BCUT2D eigenvalue weighted by atomic mass is 10.1. The molecule has 0 radical (unpaired) electrons. The summed E-state index contributed by atoms with van der Waals surface area (Å²) >= 11 is 0. The summed E-state index contributed by atoms with van der Waals surface area (Å²) < 4.78 is 16.1. The molecular formula is C23H34N2O6. The van der Waals surface area contributed by atoms with Crippen LogP contribution in [0.15, 0.2) is 18.2 Å². The molecule has 8 heteroatoms. The van der Waals surface area contributed by atoms with E-state index in [0.29, 0.717) is 13.0 Å². The number of carbonyl (C=O) groups is 3. The normalized spacial score (nSPS) is 14.5. The van der Waals surface area contributed by atoms with Crippen molar-refractivity contribution in [1.29, 1.82) is 0 Å². The van der Waals surface area contributed by atoms with Crippen molar-refractivity contribution in [3.05, 3.63) is 23.8 Å². The number of hydrogen-bond donors (Lipinski definition) is 1. The van der Waals surface area contributed by atoms with E-state index in [0.717, 1.165) is 17.0 Å². The van der Waals surface area contributed by atoms with Crippen LogP contribution in [0.2, 0.25) is 0 Å². The summed E-state index contributed by atoms with van der Waals surface area (Å²) in [4.78, 5) is 39.5. The lowest BCUT2D eigenvalue weighted by Gasteiger charge is -2.26. The van der Waals surface area contributed by atoms with Crippen molar-refractivity contribution in [3.8, 4) is 5.75 Å². The molecule has 31 heavy (non-hydrogen) atoms. The summed E-state index contributed by atoms with van der Waals surface area (Å²) in [5.41, 5.74) is 0.378. The number of alkyl carbamates (subject to hydrolysis) is 1. The molecule has 172 valence electrons. The first kappa shape index (κ1) is 24.5. The van der Waals surface area contributed by atoms with Crippen LogP contribution < -0.4 is 15.0 Å². The van der Waals surface area contributed by atoms with E-state index in [9.17, 15) is 14.4 Å². The Morgan fingerprint density at radius 2 is 1.71 bits per heavy atom. The molecule has 1 aromatic rings. The first-order valence-corrected chi connectivity index (χ1v) is 10.5. The number of rotatable bonds is 6. The second-order valence-corrected chi connectivity index (χ2v) is 9.52. The van der Waals surface area contributed by atoms with Crippen molar-refractivity contribution in [3.63, 3.8) is 0 Å². The fourth-order valence-corrected chi connectivity index (χ4v) is 3.33. The molecule has 0 bridgehead atoms. The maximum absolute atomic E-state index is 12.9. The number of anilines is 1. The molecule has 0 aromatic heterocycles. The Morgan fingerprint density at radius 1 is 1.06 bits per heavy atom. The molecule has 2 amide bonds. The van der Waals surface area contributed by atoms with Gasteiger partial charge < -0.3 is 24.4 Å². The predicted octanol–water partition coefficient (Wildman–Crippen LogP) is 3.60. The van der Waals surface area contributed by atoms with Crippen molar-refractivity contribution in [2.75, 3.05) is 18.6 Å². The van der Waals surface area contributed by atoms with Crippen LogP contribution in [0, 0.1) is 0 Å². The average Bonchev–Trinajstić information content (AvgIpc) is 3.06. The monoisotopic (exact) mass is 434 g/mol. The van der Waals surface area contributed by atoms with Gasteiger partial charge in [-0.3, -0.25) is 4.79 Å². The largest absolute Gasteiger partial charge is 0.496 e. The van der Waals surface area contributed by atoms with E-state index in [-0.39, 0.29) is 18.7 Å². The van der Waals surface area contributed by atoms with E-state index in [1.165, 1.54) is 0 Å². The van der Waals surface area contributed by atoms with Crippen LogP contribution in [-0.4, -0.2) is 48.9 Å². The zero-order chi connectivity index (χ0) is 23.4. The minimum atomic E-state index is -0.995. The predicted molar refractivity (Wildman–Crippen MR) is 117 cm³/mol. The number of methoxy groups -OCH3 is 1. The summed E-state index contributed by atoms with van der Waals surface area (Å²) in [5, 5.41) is 2.55. The fourth-order valence-electron chi connectivity index (χ4n) is 3.33. The number of ether oxygens (including phenoxy) is 3. The summed E-state index contributed by atoms with van der Waals surface area (Å²) in [5.74, 6) is 0.0206. The van der Waals surface area contributed by atoms with Gasteiger partial charge in [0.15, 0.2) is 0 Å². The molecule has 1 aromatic carbocycles. The number of nitrogens with zero attached hydrogens (tertiary/aromatic N) is 1. The zero-order valence-electron chi connectivity index (χ0n) is 19.5. The maximum Gasteiger partial charge on any atom is 0.408 e. The van der Waals surface area contributed by atoms with Gasteiger partial charge in [0.1, 0.15) is 23.0 Å². The highest BCUT2D eigenvalue weighted by molar-refractivity contribution is 5.96. The van der Waals surface area contributed by atoms with Crippen molar-refractivity contribution in [1.82, 2.24) is 5.32 Å². The number of benzene rings is 1.